The molecule has 0 bridgehead atoms. The normalized spacial score (nSPS) is 10.8. The number of nitrogens with one attached hydrogen (secondary N) is 2. The van der Waals surface area contributed by atoms with Crippen LogP contribution in [0.3, 0.4) is 0 Å². The number of hydrogen-bond acceptors (Lipinski definition) is 2. The fraction of sp³-hybridized carbons (Fsp3) is 0.0714. The second-order valence-corrected chi connectivity index (χ2v) is 5.05. The molecule has 0 spiro atoms. The van der Waals surface area contributed by atoms with Gasteiger partial charge in [-0.1, -0.05) is 34.1 Å². The number of rotatable bonds is 3. The number of imidazole rings is 1. The molecule has 0 aliphatic heterocycles. The zero-order valence-corrected chi connectivity index (χ0v) is 11.5. The third kappa shape index (κ3) is 2.61. The fourth-order valence-electron chi connectivity index (χ4n) is 1.89. The zero-order chi connectivity index (χ0) is 13.2. The van der Waals surface area contributed by atoms with Crippen LogP contribution < -0.4 is 5.32 Å². The highest BCUT2D eigenvalue weighted by Gasteiger charge is 2.04. The predicted octanol–water partition coefficient (Wildman–Crippen LogP) is 4.08. The lowest BCUT2D eigenvalue weighted by Crippen LogP contribution is -2.01. The molecule has 3 rings (SSSR count). The van der Waals surface area contributed by atoms with Crippen molar-refractivity contribution < 1.29 is 4.39 Å². The van der Waals surface area contributed by atoms with Gasteiger partial charge in [0.15, 0.2) is 0 Å². The molecule has 3 nitrogen and oxygen atoms in total. The lowest BCUT2D eigenvalue weighted by atomic mass is 10.2. The summed E-state index contributed by atoms with van der Waals surface area (Å²) in [5.41, 5.74) is 2.57. The Morgan fingerprint density at radius 1 is 1.21 bits per heavy atom. The summed E-state index contributed by atoms with van der Waals surface area (Å²) in [4.78, 5) is 7.40. The van der Waals surface area contributed by atoms with Crippen LogP contribution in [0, 0.1) is 5.82 Å². The predicted molar refractivity (Wildman–Crippen MR) is 77.5 cm³/mol. The molecule has 96 valence electrons. The average molecular weight is 320 g/mol. The molecule has 0 unspecified atom stereocenters. The summed E-state index contributed by atoms with van der Waals surface area (Å²) in [6.07, 6.45) is 0. The Morgan fingerprint density at radius 3 is 2.89 bits per heavy atom. The van der Waals surface area contributed by atoms with Gasteiger partial charge < -0.3 is 10.3 Å². The number of aromatic nitrogens is 2. The second-order valence-electron chi connectivity index (χ2n) is 4.19. The molecule has 1 aromatic heterocycles. The van der Waals surface area contributed by atoms with Crippen LogP contribution >= 0.6 is 15.9 Å². The molecule has 0 aliphatic carbocycles. The standard InChI is InChI=1S/C14H11BrFN3/c15-11-4-2-1-3-9(11)8-17-14-18-12-6-5-10(16)7-13(12)19-14/h1-7H,8H2,(H2,17,18,19). The van der Waals surface area contributed by atoms with E-state index in [4.69, 9.17) is 0 Å². The van der Waals surface area contributed by atoms with Gasteiger partial charge in [-0.2, -0.15) is 0 Å². The van der Waals surface area contributed by atoms with E-state index in [1.165, 1.54) is 12.1 Å². The van der Waals surface area contributed by atoms with Gasteiger partial charge in [0.05, 0.1) is 11.0 Å². The van der Waals surface area contributed by atoms with E-state index in [2.05, 4.69) is 31.2 Å². The van der Waals surface area contributed by atoms with Crippen molar-refractivity contribution >= 4 is 32.9 Å². The minimum Gasteiger partial charge on any atom is -0.352 e. The van der Waals surface area contributed by atoms with Crippen molar-refractivity contribution in [2.75, 3.05) is 5.32 Å². The SMILES string of the molecule is Fc1ccc2nc(NCc3ccccc3Br)[nH]c2c1. The Labute approximate surface area is 118 Å². The van der Waals surface area contributed by atoms with Gasteiger partial charge in [0.2, 0.25) is 5.95 Å². The largest absolute Gasteiger partial charge is 0.352 e. The Kier molecular flexibility index (Phi) is 3.21. The van der Waals surface area contributed by atoms with Crippen molar-refractivity contribution in [1.29, 1.82) is 0 Å². The van der Waals surface area contributed by atoms with Gasteiger partial charge in [-0.05, 0) is 29.8 Å². The van der Waals surface area contributed by atoms with E-state index < -0.39 is 0 Å². The molecular weight excluding hydrogens is 309 g/mol. The van der Waals surface area contributed by atoms with Crippen molar-refractivity contribution in [2.45, 2.75) is 6.54 Å². The van der Waals surface area contributed by atoms with E-state index in [0.717, 1.165) is 15.6 Å². The fourth-order valence-corrected chi connectivity index (χ4v) is 2.31. The highest BCUT2D eigenvalue weighted by atomic mass is 79.9. The number of nitrogens with zero attached hydrogens (tertiary/aromatic N) is 1. The van der Waals surface area contributed by atoms with Crippen LogP contribution in [-0.2, 0) is 6.54 Å². The number of halogens is 2. The van der Waals surface area contributed by atoms with Crippen molar-refractivity contribution in [3.05, 3.63) is 58.3 Å². The molecule has 3 aromatic rings. The van der Waals surface area contributed by atoms with Crippen LogP contribution in [-0.4, -0.2) is 9.97 Å². The summed E-state index contributed by atoms with van der Waals surface area (Å²) >= 11 is 3.49. The molecule has 0 fully saturated rings. The molecule has 1 heterocycles. The maximum absolute atomic E-state index is 13.1. The van der Waals surface area contributed by atoms with Crippen LogP contribution in [0.25, 0.3) is 11.0 Å². The number of hydrogen-bond donors (Lipinski definition) is 2. The van der Waals surface area contributed by atoms with Crippen LogP contribution in [0.1, 0.15) is 5.56 Å². The van der Waals surface area contributed by atoms with Gasteiger partial charge >= 0.3 is 0 Å². The Balaban J connectivity index is 1.80. The topological polar surface area (TPSA) is 40.7 Å². The van der Waals surface area contributed by atoms with Crippen molar-refractivity contribution in [1.82, 2.24) is 9.97 Å². The quantitative estimate of drug-likeness (QED) is 0.763. The zero-order valence-electron chi connectivity index (χ0n) is 9.95. The van der Waals surface area contributed by atoms with Crippen LogP contribution in [0.4, 0.5) is 10.3 Å². The third-order valence-electron chi connectivity index (χ3n) is 2.85. The van der Waals surface area contributed by atoms with Gasteiger partial charge in [-0.25, -0.2) is 9.37 Å². The van der Waals surface area contributed by atoms with Gasteiger partial charge in [0.25, 0.3) is 0 Å². The van der Waals surface area contributed by atoms with E-state index in [1.807, 2.05) is 24.3 Å². The third-order valence-corrected chi connectivity index (χ3v) is 3.62. The van der Waals surface area contributed by atoms with Gasteiger partial charge in [-0.15, -0.1) is 0 Å². The van der Waals surface area contributed by atoms with Crippen molar-refractivity contribution in [3.63, 3.8) is 0 Å². The minimum atomic E-state index is -0.270. The van der Waals surface area contributed by atoms with Gasteiger partial charge in [0.1, 0.15) is 5.82 Å². The molecule has 5 heteroatoms. The first-order valence-corrected chi connectivity index (χ1v) is 6.64. The maximum atomic E-state index is 13.1. The summed E-state index contributed by atoms with van der Waals surface area (Å²) in [7, 11) is 0. The Hall–Kier alpha value is -1.88. The molecular formula is C14H11BrFN3. The van der Waals surface area contributed by atoms with E-state index in [9.17, 15) is 4.39 Å². The molecule has 2 N–H and O–H groups in total. The van der Waals surface area contributed by atoms with Crippen LogP contribution in [0.5, 0.6) is 0 Å². The number of anilines is 1. The van der Waals surface area contributed by atoms with E-state index in [0.29, 0.717) is 18.0 Å². The highest BCUT2D eigenvalue weighted by Crippen LogP contribution is 2.19. The first kappa shape index (κ1) is 12.2. The number of aromatic amines is 1. The van der Waals surface area contributed by atoms with Crippen molar-refractivity contribution in [3.8, 4) is 0 Å². The van der Waals surface area contributed by atoms with Crippen LogP contribution in [0.15, 0.2) is 46.9 Å². The molecule has 19 heavy (non-hydrogen) atoms. The molecule has 0 amide bonds. The number of benzene rings is 2. The van der Waals surface area contributed by atoms with E-state index in [-0.39, 0.29) is 5.82 Å². The second kappa shape index (κ2) is 5.01. The number of H-pyrrole nitrogens is 1. The van der Waals surface area contributed by atoms with E-state index in [1.54, 1.807) is 6.07 Å². The molecule has 0 saturated carbocycles. The first-order valence-electron chi connectivity index (χ1n) is 5.85. The Morgan fingerprint density at radius 2 is 2.05 bits per heavy atom. The van der Waals surface area contributed by atoms with Crippen LogP contribution in [0.2, 0.25) is 0 Å². The average Bonchev–Trinajstić information content (AvgIpc) is 2.79. The van der Waals surface area contributed by atoms with Gasteiger partial charge in [-0.3, -0.25) is 0 Å². The lowest BCUT2D eigenvalue weighted by Gasteiger charge is -2.04. The lowest BCUT2D eigenvalue weighted by molar-refractivity contribution is 0.629. The summed E-state index contributed by atoms with van der Waals surface area (Å²) in [6.45, 7) is 0.643. The smallest absolute Gasteiger partial charge is 0.201 e. The molecule has 0 atom stereocenters. The van der Waals surface area contributed by atoms with Crippen molar-refractivity contribution in [2.24, 2.45) is 0 Å². The minimum absolute atomic E-state index is 0.270. The van der Waals surface area contributed by atoms with Gasteiger partial charge in [0, 0.05) is 11.0 Å². The summed E-state index contributed by atoms with van der Waals surface area (Å²) < 4.78 is 14.1. The molecule has 2 aromatic carbocycles. The molecule has 0 radical (unpaired) electrons. The Bertz CT molecular complexity index is 724. The number of fused-ring (bicyclic) bond motifs is 1. The summed E-state index contributed by atoms with van der Waals surface area (Å²) in [5.74, 6) is 0.366. The summed E-state index contributed by atoms with van der Waals surface area (Å²) in [5, 5.41) is 3.19. The highest BCUT2D eigenvalue weighted by molar-refractivity contribution is 9.10. The maximum Gasteiger partial charge on any atom is 0.201 e. The van der Waals surface area contributed by atoms with E-state index >= 15 is 0 Å². The monoisotopic (exact) mass is 319 g/mol. The first-order chi connectivity index (χ1) is 9.22. The molecule has 0 aliphatic rings. The summed E-state index contributed by atoms with van der Waals surface area (Å²) in [6, 6.07) is 12.5. The molecule has 0 saturated heterocycles.